The molecular formula is C46H73N15O10. The lowest BCUT2D eigenvalue weighted by Gasteiger charge is -2.34. The van der Waals surface area contributed by atoms with Crippen molar-refractivity contribution in [2.75, 3.05) is 45.9 Å². The summed E-state index contributed by atoms with van der Waals surface area (Å²) in [6, 6.07) is -2.05. The van der Waals surface area contributed by atoms with Gasteiger partial charge >= 0.3 is 5.97 Å². The molecule has 2 bridgehead atoms. The van der Waals surface area contributed by atoms with Crippen LogP contribution in [0.5, 0.6) is 0 Å². The molecule has 1 fully saturated rings. The Bertz CT molecular complexity index is 2190. The summed E-state index contributed by atoms with van der Waals surface area (Å²) in [6.45, 7) is 3.13. The number of fused-ring (bicyclic) bond motifs is 2. The van der Waals surface area contributed by atoms with E-state index in [1.807, 2.05) is 13.8 Å². The molecule has 17 N–H and O–H groups in total. The summed E-state index contributed by atoms with van der Waals surface area (Å²) >= 11 is 0. The summed E-state index contributed by atoms with van der Waals surface area (Å²) in [7, 11) is 0. The predicted molar refractivity (Wildman–Crippen MR) is 260 cm³/mol. The molecule has 71 heavy (non-hydrogen) atoms. The highest BCUT2D eigenvalue weighted by atomic mass is 16.4. The van der Waals surface area contributed by atoms with E-state index >= 15 is 0 Å². The second-order valence-electron chi connectivity index (χ2n) is 18.2. The summed E-state index contributed by atoms with van der Waals surface area (Å²) in [5, 5.41) is 24.4. The number of carboxylic acids is 1. The quantitative estimate of drug-likeness (QED) is 0.0336. The molecule has 0 unspecified atom stereocenters. The second kappa shape index (κ2) is 27.6. The van der Waals surface area contributed by atoms with E-state index in [-0.39, 0.29) is 102 Å². The van der Waals surface area contributed by atoms with Crippen molar-refractivity contribution < 1.29 is 48.6 Å². The lowest BCUT2D eigenvalue weighted by Crippen LogP contribution is -2.55. The van der Waals surface area contributed by atoms with Crippen LogP contribution >= 0.6 is 0 Å². The number of hydrogen-bond acceptors (Lipinski definition) is 14. The maximum atomic E-state index is 14.8. The van der Waals surface area contributed by atoms with E-state index < -0.39 is 96.6 Å². The summed E-state index contributed by atoms with van der Waals surface area (Å²) in [5.74, 6) is -5.88. The number of aliphatic hydroxyl groups is 1. The number of benzene rings is 1. The molecule has 4 rings (SSSR count). The van der Waals surface area contributed by atoms with Gasteiger partial charge in [-0.2, -0.15) is 0 Å². The zero-order chi connectivity index (χ0) is 52.4. The predicted octanol–water partition coefficient (Wildman–Crippen LogP) is -3.07. The van der Waals surface area contributed by atoms with Crippen molar-refractivity contribution in [1.82, 2.24) is 40.2 Å². The largest absolute Gasteiger partial charge is 0.481 e. The number of nitrogens with zero attached hydrogens (tertiary/aromatic N) is 6. The smallest absolute Gasteiger partial charge is 0.303 e. The molecule has 0 aliphatic carbocycles. The number of aliphatic carboxylic acids is 1. The molecule has 1 saturated heterocycles. The van der Waals surface area contributed by atoms with E-state index in [2.05, 4.69) is 25.6 Å². The van der Waals surface area contributed by atoms with Crippen LogP contribution in [0, 0.1) is 5.92 Å². The summed E-state index contributed by atoms with van der Waals surface area (Å²) in [6.07, 6.45) is 4.50. The number of hydrogen-bond donors (Lipinski definition) is 11. The number of H-pyrrole nitrogens is 1. The summed E-state index contributed by atoms with van der Waals surface area (Å²) in [5.41, 5.74) is 36.9. The van der Waals surface area contributed by atoms with Gasteiger partial charge in [0.2, 0.25) is 41.4 Å². The Labute approximate surface area is 412 Å². The molecule has 0 spiro atoms. The van der Waals surface area contributed by atoms with Gasteiger partial charge in [0.1, 0.15) is 24.2 Å². The van der Waals surface area contributed by atoms with Gasteiger partial charge in [0.25, 0.3) is 0 Å². The Kier molecular flexibility index (Phi) is 22.1. The van der Waals surface area contributed by atoms with Crippen molar-refractivity contribution in [1.29, 1.82) is 0 Å². The van der Waals surface area contributed by atoms with Crippen LogP contribution in [-0.2, 0) is 53.1 Å². The maximum Gasteiger partial charge on any atom is 0.303 e. The average Bonchev–Trinajstić information content (AvgIpc) is 4.06. The van der Waals surface area contributed by atoms with Gasteiger partial charge in [0.05, 0.1) is 25.0 Å². The number of aliphatic hydroxyl groups excluding tert-OH is 1. The molecule has 3 heterocycles. The van der Waals surface area contributed by atoms with Crippen molar-refractivity contribution in [2.45, 2.75) is 127 Å². The van der Waals surface area contributed by atoms with E-state index in [0.717, 1.165) is 0 Å². The maximum absolute atomic E-state index is 14.8. The van der Waals surface area contributed by atoms with Gasteiger partial charge in [0.15, 0.2) is 5.96 Å². The number of guanidine groups is 1. The second-order valence-corrected chi connectivity index (χ2v) is 18.2. The lowest BCUT2D eigenvalue weighted by molar-refractivity contribution is -0.145. The Morgan fingerprint density at radius 2 is 1.41 bits per heavy atom. The van der Waals surface area contributed by atoms with Crippen LogP contribution in [0.2, 0.25) is 0 Å². The number of aromatic amines is 1. The fourth-order valence-corrected chi connectivity index (χ4v) is 8.60. The van der Waals surface area contributed by atoms with Crippen LogP contribution in [0.1, 0.15) is 98.8 Å². The zero-order valence-corrected chi connectivity index (χ0v) is 40.7. The number of aliphatic imine (C=N–C) groups is 1. The molecule has 2 aromatic rings. The molecule has 0 saturated carbocycles. The van der Waals surface area contributed by atoms with Crippen LogP contribution in [-0.4, -0.2) is 175 Å². The molecule has 1 aromatic carbocycles. The van der Waals surface area contributed by atoms with Gasteiger partial charge in [-0.3, -0.25) is 43.3 Å². The Hall–Kier alpha value is -6.70. The monoisotopic (exact) mass is 996 g/mol. The lowest BCUT2D eigenvalue weighted by atomic mass is 9.98. The van der Waals surface area contributed by atoms with E-state index in [4.69, 9.17) is 34.4 Å². The number of nitrogens with one attached hydrogen (secondary N) is 3. The van der Waals surface area contributed by atoms with Crippen molar-refractivity contribution >= 4 is 53.3 Å². The molecule has 7 atom stereocenters. The number of nitrogens with two attached hydrogens (primary N) is 6. The number of carbonyl (C=O) groups is 8. The van der Waals surface area contributed by atoms with Crippen LogP contribution in [0.25, 0.3) is 0 Å². The summed E-state index contributed by atoms with van der Waals surface area (Å²) < 4.78 is 0. The Morgan fingerprint density at radius 1 is 0.803 bits per heavy atom. The molecule has 1 aromatic heterocycles. The minimum atomic E-state index is -1.43. The van der Waals surface area contributed by atoms with E-state index in [1.54, 1.807) is 17.2 Å². The standard InChI is InChI=1S/C46H73N15O10/c1-3-27(2)38(49)41(67)57-34(8-4-12-54-46(51)52)43(69)58-13-6-15-59(44(70)35(10-11-37(63)64)56-40(66)33(48)25-62)23-28-18-29(20-30(19-28)39(50)65)24-60(16-7-14-58)45(71)36-9-5-17-61(36)42(68)32(47)21-31-22-53-26-55-31/h18-20,22,26-27,32-36,38,62H,3-17,21,23-25,47-49H2,1-2H3,(H2,50,65)(H,53,55)(H,56,66)(H,57,67)(H,63,64)(H4,51,52,54)/t27-,32-,33-,34-,35-,36-,38-/m0/s1. The van der Waals surface area contributed by atoms with Crippen LogP contribution in [0.3, 0.4) is 0 Å². The van der Waals surface area contributed by atoms with E-state index in [9.17, 15) is 48.6 Å². The number of aromatic nitrogens is 2. The SMILES string of the molecule is CC[C@H](C)[C@H](N)C(=O)N[C@@H](CCCN=C(N)N)C(=O)N1CCCN(C(=O)[C@H](CCC(=O)O)NC(=O)[C@@H](N)CO)Cc2cc(cc(C(N)=O)c2)CN(C(=O)[C@@H]2CCCN2C(=O)[C@@H](N)Cc2cnc[nH]2)CCC1. The molecule has 25 nitrogen and oxygen atoms in total. The van der Waals surface area contributed by atoms with Gasteiger partial charge in [-0.15, -0.1) is 0 Å². The van der Waals surface area contributed by atoms with Gasteiger partial charge in [-0.1, -0.05) is 26.3 Å². The van der Waals surface area contributed by atoms with Crippen LogP contribution in [0.15, 0.2) is 35.7 Å². The highest BCUT2D eigenvalue weighted by Gasteiger charge is 2.39. The normalized spacial score (nSPS) is 18.2. The number of carbonyl (C=O) groups excluding carboxylic acids is 7. The zero-order valence-electron chi connectivity index (χ0n) is 40.7. The van der Waals surface area contributed by atoms with Crippen molar-refractivity contribution in [3.8, 4) is 0 Å². The Morgan fingerprint density at radius 3 is 2.00 bits per heavy atom. The fraction of sp³-hybridized carbons (Fsp3) is 0.609. The highest BCUT2D eigenvalue weighted by molar-refractivity contribution is 5.94. The first-order valence-corrected chi connectivity index (χ1v) is 24.1. The third-order valence-electron chi connectivity index (χ3n) is 12.8. The number of primary amides is 1. The first kappa shape index (κ1) is 56.9. The fourth-order valence-electron chi connectivity index (χ4n) is 8.60. The van der Waals surface area contributed by atoms with Gasteiger partial charge < -0.3 is 79.8 Å². The van der Waals surface area contributed by atoms with Crippen LogP contribution in [0.4, 0.5) is 0 Å². The number of carboxylic acid groups (broad SMARTS) is 1. The van der Waals surface area contributed by atoms with Gasteiger partial charge in [0, 0.05) is 82.7 Å². The Balaban J connectivity index is 1.79. The van der Waals surface area contributed by atoms with Crippen molar-refractivity contribution in [2.24, 2.45) is 45.3 Å². The number of amides is 7. The number of imidazole rings is 1. The third-order valence-corrected chi connectivity index (χ3v) is 12.8. The third kappa shape index (κ3) is 17.0. The minimum Gasteiger partial charge on any atom is -0.481 e. The average molecular weight is 996 g/mol. The highest BCUT2D eigenvalue weighted by Crippen LogP contribution is 2.24. The van der Waals surface area contributed by atoms with Crippen molar-refractivity contribution in [3.63, 3.8) is 0 Å². The topological polar surface area (TPSA) is 411 Å². The molecule has 0 radical (unpaired) electrons. The summed E-state index contributed by atoms with van der Waals surface area (Å²) in [4.78, 5) is 126. The molecule has 392 valence electrons. The molecule has 2 aliphatic rings. The van der Waals surface area contributed by atoms with Gasteiger partial charge in [-0.25, -0.2) is 4.98 Å². The van der Waals surface area contributed by atoms with Gasteiger partial charge in [-0.05, 0) is 74.1 Å². The molecule has 25 heteroatoms. The van der Waals surface area contributed by atoms with E-state index in [1.165, 1.54) is 33.2 Å². The van der Waals surface area contributed by atoms with E-state index in [0.29, 0.717) is 42.5 Å². The van der Waals surface area contributed by atoms with Crippen molar-refractivity contribution in [3.05, 3.63) is 53.1 Å². The first-order chi connectivity index (χ1) is 33.7. The molecule has 2 aliphatic heterocycles. The van der Waals surface area contributed by atoms with Crippen LogP contribution < -0.4 is 45.0 Å². The number of likely N-dealkylation sites (tertiary alicyclic amines) is 1. The molecule has 7 amide bonds. The minimum absolute atomic E-state index is 0.00147. The number of rotatable bonds is 21. The molecular weight excluding hydrogens is 923 g/mol. The first-order valence-electron chi connectivity index (χ1n) is 24.1.